The maximum atomic E-state index is 5.40. The molecule has 0 atom stereocenters. The molecule has 0 aliphatic carbocycles. The van der Waals surface area contributed by atoms with Crippen molar-refractivity contribution in [1.82, 2.24) is 19.9 Å². The summed E-state index contributed by atoms with van der Waals surface area (Å²) in [6.07, 6.45) is 0. The van der Waals surface area contributed by atoms with E-state index in [2.05, 4.69) is 144 Å². The molecule has 0 unspecified atom stereocenters. The number of aryl methyl sites for hydroxylation is 4. The van der Waals surface area contributed by atoms with Crippen LogP contribution >= 0.6 is 0 Å². The van der Waals surface area contributed by atoms with E-state index >= 15 is 0 Å². The Morgan fingerprint density at radius 3 is 0.554 bits per heavy atom. The summed E-state index contributed by atoms with van der Waals surface area (Å²) in [5, 5.41) is 0. The third-order valence-corrected chi connectivity index (χ3v) is 9.88. The Balaban J connectivity index is 1.35. The van der Waals surface area contributed by atoms with Gasteiger partial charge in [-0.25, -0.2) is 19.9 Å². The largest absolute Gasteiger partial charge is 0.279 e. The summed E-state index contributed by atoms with van der Waals surface area (Å²) < 4.78 is 0. The first-order valence-electron chi connectivity index (χ1n) is 18.7. The van der Waals surface area contributed by atoms with Gasteiger partial charge in [0.25, 0.3) is 0 Å². The molecule has 0 fully saturated rings. The Bertz CT molecular complexity index is 2190. The molecule has 0 saturated heterocycles. The van der Waals surface area contributed by atoms with E-state index in [1.165, 1.54) is 22.3 Å². The van der Waals surface area contributed by atoms with E-state index < -0.39 is 0 Å². The van der Waals surface area contributed by atoms with Crippen LogP contribution in [0.25, 0.3) is 0 Å². The quantitative estimate of drug-likeness (QED) is 0.177. The smallest absolute Gasteiger partial charge is 0.141 e. The molecule has 0 radical (unpaired) electrons. The van der Waals surface area contributed by atoms with Gasteiger partial charge < -0.3 is 0 Å². The Morgan fingerprint density at radius 2 is 0.393 bits per heavy atom. The molecule has 272 valence electrons. The van der Waals surface area contributed by atoms with Crippen molar-refractivity contribution in [2.75, 3.05) is 19.6 Å². The molecule has 0 spiro atoms. The predicted molar refractivity (Wildman–Crippen MR) is 229 cm³/mol. The van der Waals surface area contributed by atoms with Crippen LogP contribution in [0.3, 0.4) is 0 Å². The summed E-state index contributed by atoms with van der Waals surface area (Å²) in [5.41, 5.74) is 8.40. The van der Waals surface area contributed by atoms with E-state index in [1.807, 2.05) is 72.8 Å². The molecule has 0 amide bonds. The molecule has 8 heteroatoms. The van der Waals surface area contributed by atoms with Crippen molar-refractivity contribution in [1.29, 1.82) is 0 Å². The lowest BCUT2D eigenvalue weighted by molar-refractivity contribution is 1.04. The number of nitrogens with zero attached hydrogens (tertiary/aromatic N) is 8. The van der Waals surface area contributed by atoms with Gasteiger partial charge in [0, 0.05) is 22.7 Å². The van der Waals surface area contributed by atoms with Gasteiger partial charge in [-0.3, -0.25) is 19.6 Å². The first-order chi connectivity index (χ1) is 27.4. The van der Waals surface area contributed by atoms with Gasteiger partial charge in [-0.15, -0.1) is 0 Å². The van der Waals surface area contributed by atoms with Crippen molar-refractivity contribution in [2.45, 2.75) is 27.7 Å². The van der Waals surface area contributed by atoms with Gasteiger partial charge in [0.15, 0.2) is 0 Å². The van der Waals surface area contributed by atoms with Crippen LogP contribution in [0.15, 0.2) is 170 Å². The highest BCUT2D eigenvalue weighted by molar-refractivity contribution is 5.82. The molecule has 0 N–H and O–H groups in total. The van der Waals surface area contributed by atoms with Crippen LogP contribution in [0.5, 0.6) is 0 Å². The van der Waals surface area contributed by atoms with E-state index in [0.717, 1.165) is 22.7 Å². The molecule has 9 rings (SSSR count). The second-order valence-corrected chi connectivity index (χ2v) is 14.1. The van der Waals surface area contributed by atoms with Crippen molar-refractivity contribution >= 4 is 69.3 Å². The third-order valence-electron chi connectivity index (χ3n) is 9.88. The minimum Gasteiger partial charge on any atom is -0.279 e. The molecule has 8 bridgehead atoms. The molecule has 4 aromatic carbocycles. The van der Waals surface area contributed by atoms with Crippen molar-refractivity contribution in [3.63, 3.8) is 0 Å². The standard InChI is InChI=1S/C48H40N8/c1-33-17-25-37(26-18-33)53-41-9-5-11-43(49-41)54(38-27-19-34(2)20-28-38)45-13-7-15-47(51-45)56(40-31-23-36(4)24-32-40)48-16-8-14-46(52-48)55(39-29-21-35(3)22-30-39)44-12-6-10-42(53)50-44/h5-32H,1-4H3. The van der Waals surface area contributed by atoms with E-state index in [0.29, 0.717) is 46.5 Å². The lowest BCUT2D eigenvalue weighted by Gasteiger charge is -2.30. The van der Waals surface area contributed by atoms with Gasteiger partial charge in [0.2, 0.25) is 0 Å². The average Bonchev–Trinajstić information content (AvgIpc) is 3.22. The van der Waals surface area contributed by atoms with Crippen molar-refractivity contribution in [3.05, 3.63) is 192 Å². The number of hydrogen-bond donors (Lipinski definition) is 0. The fraction of sp³-hybridized carbons (Fsp3) is 0.0833. The molecule has 5 heterocycles. The second kappa shape index (κ2) is 14.5. The highest BCUT2D eigenvalue weighted by Crippen LogP contribution is 2.42. The van der Waals surface area contributed by atoms with Crippen LogP contribution < -0.4 is 19.6 Å². The molecule has 4 aromatic heterocycles. The zero-order valence-corrected chi connectivity index (χ0v) is 31.7. The molecular formula is C48H40N8. The minimum atomic E-state index is 0.708. The highest BCUT2D eigenvalue weighted by Gasteiger charge is 2.25. The fourth-order valence-electron chi connectivity index (χ4n) is 6.95. The van der Waals surface area contributed by atoms with Crippen LogP contribution in [0.2, 0.25) is 0 Å². The number of aromatic nitrogens is 4. The van der Waals surface area contributed by atoms with E-state index in [9.17, 15) is 0 Å². The lowest BCUT2D eigenvalue weighted by atomic mass is 10.2. The summed E-state index contributed by atoms with van der Waals surface area (Å²) in [5.74, 6) is 5.66. The van der Waals surface area contributed by atoms with Gasteiger partial charge in [0.05, 0.1) is 0 Å². The zero-order valence-electron chi connectivity index (χ0n) is 31.7. The van der Waals surface area contributed by atoms with Gasteiger partial charge >= 0.3 is 0 Å². The van der Waals surface area contributed by atoms with Crippen LogP contribution in [0, 0.1) is 27.7 Å². The molecule has 56 heavy (non-hydrogen) atoms. The average molecular weight is 729 g/mol. The fourth-order valence-corrected chi connectivity index (χ4v) is 6.95. The van der Waals surface area contributed by atoms with Gasteiger partial charge in [-0.05, 0) is 125 Å². The minimum absolute atomic E-state index is 0.708. The predicted octanol–water partition coefficient (Wildman–Crippen LogP) is 12.7. The van der Waals surface area contributed by atoms with Crippen molar-refractivity contribution < 1.29 is 0 Å². The van der Waals surface area contributed by atoms with E-state index in [4.69, 9.17) is 19.9 Å². The van der Waals surface area contributed by atoms with Gasteiger partial charge in [-0.2, -0.15) is 0 Å². The van der Waals surface area contributed by atoms with Crippen LogP contribution in [0.1, 0.15) is 22.3 Å². The molecule has 8 nitrogen and oxygen atoms in total. The Hall–Kier alpha value is -7.32. The zero-order chi connectivity index (χ0) is 38.2. The number of rotatable bonds is 4. The van der Waals surface area contributed by atoms with E-state index in [-0.39, 0.29) is 0 Å². The molecular weight excluding hydrogens is 689 g/mol. The van der Waals surface area contributed by atoms with Crippen LogP contribution in [0.4, 0.5) is 69.3 Å². The van der Waals surface area contributed by atoms with E-state index in [1.54, 1.807) is 0 Å². The number of anilines is 12. The van der Waals surface area contributed by atoms with Crippen LogP contribution in [-0.2, 0) is 0 Å². The molecule has 8 aromatic rings. The Labute approximate surface area is 327 Å². The summed E-state index contributed by atoms with van der Waals surface area (Å²) in [4.78, 5) is 30.0. The van der Waals surface area contributed by atoms with Crippen LogP contribution in [-0.4, -0.2) is 19.9 Å². The first-order valence-corrected chi connectivity index (χ1v) is 18.7. The van der Waals surface area contributed by atoms with Crippen molar-refractivity contribution in [3.8, 4) is 0 Å². The SMILES string of the molecule is Cc1ccc(N2c3cccc(n3)N(c3ccc(C)cc3)c3cccc(n3)N(c3ccc(C)cc3)c3cccc(n3)N(c3ccc(C)cc3)c3cccc2n3)cc1. The number of pyridine rings is 4. The van der Waals surface area contributed by atoms with Crippen molar-refractivity contribution in [2.24, 2.45) is 0 Å². The monoisotopic (exact) mass is 728 g/mol. The molecule has 1 aliphatic heterocycles. The lowest BCUT2D eigenvalue weighted by Crippen LogP contribution is -2.20. The second-order valence-electron chi connectivity index (χ2n) is 14.1. The topological polar surface area (TPSA) is 64.5 Å². The summed E-state index contributed by atoms with van der Waals surface area (Å²) in [6.45, 7) is 8.38. The first kappa shape index (κ1) is 34.4. The maximum absolute atomic E-state index is 5.40. The summed E-state index contributed by atoms with van der Waals surface area (Å²) in [7, 11) is 0. The molecule has 0 saturated carbocycles. The number of hydrogen-bond acceptors (Lipinski definition) is 8. The highest BCUT2D eigenvalue weighted by atomic mass is 15.3. The normalized spacial score (nSPS) is 12.5. The summed E-state index contributed by atoms with van der Waals surface area (Å²) in [6, 6.07) is 58.2. The van der Waals surface area contributed by atoms with Gasteiger partial charge in [-0.1, -0.05) is 95.1 Å². The molecule has 1 aliphatic rings. The number of benzene rings is 4. The Kier molecular flexibility index (Phi) is 8.91. The number of fused-ring (bicyclic) bond motifs is 8. The summed E-state index contributed by atoms with van der Waals surface area (Å²) >= 11 is 0. The van der Waals surface area contributed by atoms with Gasteiger partial charge in [0.1, 0.15) is 46.5 Å². The maximum Gasteiger partial charge on any atom is 0.141 e. The Morgan fingerprint density at radius 1 is 0.232 bits per heavy atom. The third kappa shape index (κ3) is 6.69.